The van der Waals surface area contributed by atoms with Crippen molar-refractivity contribution in [2.45, 2.75) is 13.5 Å². The molecule has 32 heavy (non-hydrogen) atoms. The van der Waals surface area contributed by atoms with E-state index in [4.69, 9.17) is 9.84 Å². The van der Waals surface area contributed by atoms with E-state index in [1.165, 1.54) is 23.0 Å². The number of rotatable bonds is 7. The van der Waals surface area contributed by atoms with Crippen LogP contribution in [-0.4, -0.2) is 53.9 Å². The second-order valence-electron chi connectivity index (χ2n) is 6.65. The highest BCUT2D eigenvalue weighted by atomic mass is 16.5. The van der Waals surface area contributed by atoms with E-state index in [1.54, 1.807) is 37.4 Å². The lowest BCUT2D eigenvalue weighted by Gasteiger charge is -2.10. The highest BCUT2D eigenvalue weighted by molar-refractivity contribution is 5.96. The Bertz CT molecular complexity index is 1330. The van der Waals surface area contributed by atoms with Gasteiger partial charge in [-0.2, -0.15) is 10.2 Å². The van der Waals surface area contributed by atoms with E-state index in [-0.39, 0.29) is 24.4 Å². The maximum absolute atomic E-state index is 12.4. The lowest BCUT2D eigenvalue weighted by atomic mass is 10.1. The summed E-state index contributed by atoms with van der Waals surface area (Å²) in [6.45, 7) is 1.71. The quantitative estimate of drug-likeness (QED) is 0.421. The molecule has 2 N–H and O–H groups in total. The fourth-order valence-electron chi connectivity index (χ4n) is 3.20. The normalized spacial score (nSPS) is 10.8. The molecular formula is C21H18N6O5. The Balaban J connectivity index is 1.59. The van der Waals surface area contributed by atoms with Gasteiger partial charge in [0, 0.05) is 23.6 Å². The van der Waals surface area contributed by atoms with Crippen molar-refractivity contribution in [3.05, 3.63) is 66.2 Å². The molecule has 4 rings (SSSR count). The molecule has 0 aliphatic carbocycles. The maximum Gasteiger partial charge on any atom is 0.354 e. The van der Waals surface area contributed by atoms with E-state index >= 15 is 0 Å². The Morgan fingerprint density at radius 2 is 1.97 bits per heavy atom. The molecule has 0 radical (unpaired) electrons. The van der Waals surface area contributed by atoms with Crippen LogP contribution in [0.4, 0.5) is 5.69 Å². The van der Waals surface area contributed by atoms with E-state index in [0.717, 1.165) is 10.2 Å². The predicted octanol–water partition coefficient (Wildman–Crippen LogP) is 2.11. The molecule has 0 saturated carbocycles. The standard InChI is InChI=1S/C21H18N6O5/c1-2-32-21(31)15-11-24-27-16(6-8-22-19(15)27)13-4-3-5-14(10-13)25-18(28)12-26-17(20(29)30)7-9-23-26/h3-11H,2,12H2,1H3,(H,25,28)(H,29,30). The number of benzene rings is 1. The molecular weight excluding hydrogens is 416 g/mol. The van der Waals surface area contributed by atoms with Crippen molar-refractivity contribution in [1.29, 1.82) is 0 Å². The van der Waals surface area contributed by atoms with Crippen molar-refractivity contribution in [2.24, 2.45) is 0 Å². The zero-order valence-corrected chi connectivity index (χ0v) is 16.9. The molecule has 0 bridgehead atoms. The van der Waals surface area contributed by atoms with Crippen LogP contribution in [0, 0.1) is 0 Å². The highest BCUT2D eigenvalue weighted by Crippen LogP contribution is 2.24. The second kappa shape index (κ2) is 8.68. The summed E-state index contributed by atoms with van der Waals surface area (Å²) in [6, 6.07) is 10.1. The van der Waals surface area contributed by atoms with Crippen molar-refractivity contribution in [3.63, 3.8) is 0 Å². The van der Waals surface area contributed by atoms with Crippen LogP contribution in [-0.2, 0) is 16.1 Å². The lowest BCUT2D eigenvalue weighted by molar-refractivity contribution is -0.116. The number of esters is 1. The fraction of sp³-hybridized carbons (Fsp3) is 0.143. The molecule has 1 aromatic carbocycles. The molecule has 0 aliphatic rings. The number of carbonyl (C=O) groups is 3. The van der Waals surface area contributed by atoms with Crippen molar-refractivity contribution in [2.75, 3.05) is 11.9 Å². The van der Waals surface area contributed by atoms with Gasteiger partial charge >= 0.3 is 11.9 Å². The SMILES string of the molecule is CCOC(=O)c1cnn2c(-c3cccc(NC(=O)Cn4nccc4C(=O)O)c3)ccnc12. The number of carboxylic acids is 1. The van der Waals surface area contributed by atoms with Crippen LogP contribution in [0.25, 0.3) is 16.9 Å². The molecule has 162 valence electrons. The van der Waals surface area contributed by atoms with Crippen molar-refractivity contribution >= 4 is 29.2 Å². The number of aromatic carboxylic acids is 1. The van der Waals surface area contributed by atoms with E-state index in [0.29, 0.717) is 17.0 Å². The van der Waals surface area contributed by atoms with E-state index in [9.17, 15) is 14.4 Å². The number of hydrogen-bond acceptors (Lipinski definition) is 7. The van der Waals surface area contributed by atoms with Gasteiger partial charge in [-0.25, -0.2) is 23.8 Å². The summed E-state index contributed by atoms with van der Waals surface area (Å²) in [5.41, 5.74) is 2.41. The summed E-state index contributed by atoms with van der Waals surface area (Å²) in [7, 11) is 0. The van der Waals surface area contributed by atoms with E-state index in [1.807, 2.05) is 6.07 Å². The Morgan fingerprint density at radius 1 is 1.12 bits per heavy atom. The van der Waals surface area contributed by atoms with Gasteiger partial charge in [-0.15, -0.1) is 0 Å². The molecule has 1 amide bonds. The van der Waals surface area contributed by atoms with Gasteiger partial charge in [0.15, 0.2) is 5.65 Å². The number of fused-ring (bicyclic) bond motifs is 1. The van der Waals surface area contributed by atoms with Gasteiger partial charge in [0.1, 0.15) is 17.8 Å². The molecule has 0 fully saturated rings. The Kier molecular flexibility index (Phi) is 5.62. The first kappa shape index (κ1) is 20.7. The van der Waals surface area contributed by atoms with Crippen molar-refractivity contribution in [3.8, 4) is 11.3 Å². The van der Waals surface area contributed by atoms with Gasteiger partial charge in [-0.3, -0.25) is 4.79 Å². The summed E-state index contributed by atoms with van der Waals surface area (Å²) in [6.07, 6.45) is 4.28. The van der Waals surface area contributed by atoms with Gasteiger partial charge in [0.05, 0.1) is 18.5 Å². The van der Waals surface area contributed by atoms with E-state index in [2.05, 4.69) is 20.5 Å². The van der Waals surface area contributed by atoms with Crippen LogP contribution in [0.15, 0.2) is 55.0 Å². The zero-order chi connectivity index (χ0) is 22.7. The average Bonchev–Trinajstić information content (AvgIpc) is 3.41. The Morgan fingerprint density at radius 3 is 2.75 bits per heavy atom. The first-order chi connectivity index (χ1) is 15.5. The van der Waals surface area contributed by atoms with Crippen LogP contribution in [0.2, 0.25) is 0 Å². The molecule has 3 aromatic heterocycles. The molecule has 4 aromatic rings. The number of carbonyl (C=O) groups excluding carboxylic acids is 2. The van der Waals surface area contributed by atoms with Gasteiger partial charge < -0.3 is 15.2 Å². The third-order valence-corrected chi connectivity index (χ3v) is 4.57. The Labute approximate surface area is 181 Å². The largest absolute Gasteiger partial charge is 0.477 e. The molecule has 0 unspecified atom stereocenters. The first-order valence-electron chi connectivity index (χ1n) is 9.63. The van der Waals surface area contributed by atoms with Crippen molar-refractivity contribution < 1.29 is 24.2 Å². The fourth-order valence-corrected chi connectivity index (χ4v) is 3.20. The topological polar surface area (TPSA) is 141 Å². The second-order valence-corrected chi connectivity index (χ2v) is 6.65. The third-order valence-electron chi connectivity index (χ3n) is 4.57. The minimum Gasteiger partial charge on any atom is -0.477 e. The monoisotopic (exact) mass is 434 g/mol. The molecule has 11 heteroatoms. The number of anilines is 1. The average molecular weight is 434 g/mol. The Hall–Kier alpha value is -4.54. The highest BCUT2D eigenvalue weighted by Gasteiger charge is 2.17. The van der Waals surface area contributed by atoms with Crippen LogP contribution in [0.3, 0.4) is 0 Å². The number of carboxylic acid groups (broad SMARTS) is 1. The predicted molar refractivity (Wildman–Crippen MR) is 112 cm³/mol. The lowest BCUT2D eigenvalue weighted by Crippen LogP contribution is -2.22. The smallest absolute Gasteiger partial charge is 0.354 e. The van der Waals surface area contributed by atoms with Crippen LogP contribution in [0.5, 0.6) is 0 Å². The van der Waals surface area contributed by atoms with Gasteiger partial charge in [0.25, 0.3) is 0 Å². The molecule has 0 aliphatic heterocycles. The maximum atomic E-state index is 12.4. The minimum absolute atomic E-state index is 0.0795. The molecule has 0 spiro atoms. The molecule has 11 nitrogen and oxygen atoms in total. The van der Waals surface area contributed by atoms with E-state index < -0.39 is 17.8 Å². The van der Waals surface area contributed by atoms with Gasteiger partial charge in [-0.05, 0) is 31.2 Å². The number of ether oxygens (including phenoxy) is 1. The van der Waals surface area contributed by atoms with Crippen LogP contribution >= 0.6 is 0 Å². The van der Waals surface area contributed by atoms with Crippen LogP contribution < -0.4 is 5.32 Å². The number of amides is 1. The summed E-state index contributed by atoms with van der Waals surface area (Å²) in [4.78, 5) is 40.0. The van der Waals surface area contributed by atoms with Gasteiger partial charge in [-0.1, -0.05) is 12.1 Å². The molecule has 3 heterocycles. The summed E-state index contributed by atoms with van der Waals surface area (Å²) >= 11 is 0. The first-order valence-corrected chi connectivity index (χ1v) is 9.63. The number of hydrogen-bond donors (Lipinski definition) is 2. The molecule has 0 atom stereocenters. The summed E-state index contributed by atoms with van der Waals surface area (Å²) in [5.74, 6) is -2.11. The summed E-state index contributed by atoms with van der Waals surface area (Å²) < 4.78 is 7.67. The number of aromatic nitrogens is 5. The zero-order valence-electron chi connectivity index (χ0n) is 16.9. The van der Waals surface area contributed by atoms with Gasteiger partial charge in [0.2, 0.25) is 5.91 Å². The number of nitrogens with zero attached hydrogens (tertiary/aromatic N) is 5. The summed E-state index contributed by atoms with van der Waals surface area (Å²) in [5, 5.41) is 20.0. The van der Waals surface area contributed by atoms with Crippen molar-refractivity contribution in [1.82, 2.24) is 24.4 Å². The number of nitrogens with one attached hydrogen (secondary N) is 1. The molecule has 0 saturated heterocycles. The van der Waals surface area contributed by atoms with Crippen LogP contribution in [0.1, 0.15) is 27.8 Å². The minimum atomic E-state index is -1.17. The third kappa shape index (κ3) is 4.03.